The van der Waals surface area contributed by atoms with E-state index in [-0.39, 0.29) is 6.10 Å². The van der Waals surface area contributed by atoms with Gasteiger partial charge < -0.3 is 5.11 Å². The lowest BCUT2D eigenvalue weighted by Crippen LogP contribution is -2.06. The van der Waals surface area contributed by atoms with Gasteiger partial charge in [0.25, 0.3) is 0 Å². The second kappa shape index (κ2) is 3.14. The van der Waals surface area contributed by atoms with Crippen molar-refractivity contribution < 1.29 is 5.11 Å². The maximum atomic E-state index is 9.89. The van der Waals surface area contributed by atoms with Crippen molar-refractivity contribution in [1.82, 2.24) is 9.78 Å². The Labute approximate surface area is 78.4 Å². The lowest BCUT2D eigenvalue weighted by Gasteiger charge is -2.08. The molecule has 0 radical (unpaired) electrons. The highest BCUT2D eigenvalue weighted by Gasteiger charge is 2.32. The molecule has 2 rings (SSSR count). The average Bonchev–Trinajstić information content (AvgIpc) is 2.89. The fourth-order valence-electron chi connectivity index (χ4n) is 1.65. The summed E-state index contributed by atoms with van der Waals surface area (Å²) >= 11 is 0. The van der Waals surface area contributed by atoms with Gasteiger partial charge in [-0.1, -0.05) is 6.92 Å². The van der Waals surface area contributed by atoms with E-state index in [0.717, 1.165) is 30.7 Å². The zero-order valence-corrected chi connectivity index (χ0v) is 8.20. The predicted molar refractivity (Wildman–Crippen MR) is 50.3 cm³/mol. The molecule has 1 saturated carbocycles. The highest BCUT2D eigenvalue weighted by Crippen LogP contribution is 2.40. The molecule has 0 amide bonds. The first kappa shape index (κ1) is 8.75. The fourth-order valence-corrected chi connectivity index (χ4v) is 1.65. The lowest BCUT2D eigenvalue weighted by molar-refractivity contribution is 0.144. The Bertz CT molecular complexity index is 302. The predicted octanol–water partition coefficient (Wildman–Crippen LogP) is 1.43. The van der Waals surface area contributed by atoms with Gasteiger partial charge in [0.1, 0.15) is 0 Å². The molecule has 1 aromatic heterocycles. The summed E-state index contributed by atoms with van der Waals surface area (Å²) in [4.78, 5) is 0. The molecule has 1 heterocycles. The largest absolute Gasteiger partial charge is 0.387 e. The van der Waals surface area contributed by atoms with Gasteiger partial charge in [0.2, 0.25) is 0 Å². The first-order valence-corrected chi connectivity index (χ1v) is 4.93. The monoisotopic (exact) mass is 180 g/mol. The summed E-state index contributed by atoms with van der Waals surface area (Å²) in [5.74, 6) is 0.486. The van der Waals surface area contributed by atoms with Gasteiger partial charge in [-0.3, -0.25) is 4.68 Å². The minimum absolute atomic E-state index is 0.294. The van der Waals surface area contributed by atoms with Gasteiger partial charge in [0, 0.05) is 7.05 Å². The van der Waals surface area contributed by atoms with Gasteiger partial charge in [-0.25, -0.2) is 0 Å². The van der Waals surface area contributed by atoms with Gasteiger partial charge in [-0.15, -0.1) is 0 Å². The Morgan fingerprint density at radius 2 is 2.38 bits per heavy atom. The van der Waals surface area contributed by atoms with Crippen molar-refractivity contribution in [2.45, 2.75) is 32.3 Å². The van der Waals surface area contributed by atoms with Crippen LogP contribution in [0.2, 0.25) is 0 Å². The summed E-state index contributed by atoms with van der Waals surface area (Å²) in [7, 11) is 1.90. The number of nitrogens with zero attached hydrogens (tertiary/aromatic N) is 2. The van der Waals surface area contributed by atoms with Crippen molar-refractivity contribution in [1.29, 1.82) is 0 Å². The number of hydrogen-bond acceptors (Lipinski definition) is 2. The smallest absolute Gasteiger partial charge is 0.0984 e. The maximum Gasteiger partial charge on any atom is 0.0984 e. The van der Waals surface area contributed by atoms with Crippen molar-refractivity contribution in [2.24, 2.45) is 13.0 Å². The van der Waals surface area contributed by atoms with Crippen molar-refractivity contribution in [3.63, 3.8) is 0 Å². The van der Waals surface area contributed by atoms with Crippen molar-refractivity contribution in [2.75, 3.05) is 0 Å². The van der Waals surface area contributed by atoms with Crippen LogP contribution >= 0.6 is 0 Å². The highest BCUT2D eigenvalue weighted by atomic mass is 16.3. The molecule has 0 aromatic carbocycles. The van der Waals surface area contributed by atoms with Crippen LogP contribution in [0.15, 0.2) is 6.07 Å². The Morgan fingerprint density at radius 1 is 1.69 bits per heavy atom. The molecule has 0 aliphatic heterocycles. The lowest BCUT2D eigenvalue weighted by atomic mass is 10.1. The minimum Gasteiger partial charge on any atom is -0.387 e. The van der Waals surface area contributed by atoms with E-state index in [1.54, 1.807) is 0 Å². The van der Waals surface area contributed by atoms with Crippen molar-refractivity contribution >= 4 is 0 Å². The molecule has 1 aromatic rings. The van der Waals surface area contributed by atoms with E-state index < -0.39 is 0 Å². The first-order chi connectivity index (χ1) is 6.22. The molecular weight excluding hydrogens is 164 g/mol. The molecule has 1 N–H and O–H groups in total. The van der Waals surface area contributed by atoms with E-state index in [9.17, 15) is 5.11 Å². The summed E-state index contributed by atoms with van der Waals surface area (Å²) in [6.45, 7) is 2.08. The number of aliphatic hydroxyl groups excluding tert-OH is 1. The third kappa shape index (κ3) is 1.61. The third-order valence-electron chi connectivity index (χ3n) is 2.70. The summed E-state index contributed by atoms with van der Waals surface area (Å²) < 4.78 is 1.81. The van der Waals surface area contributed by atoms with Gasteiger partial charge in [-0.05, 0) is 31.2 Å². The molecule has 3 heteroatoms. The van der Waals surface area contributed by atoms with Crippen molar-refractivity contribution in [3.05, 3.63) is 17.5 Å². The van der Waals surface area contributed by atoms with Crippen LogP contribution < -0.4 is 0 Å². The molecule has 1 aliphatic carbocycles. The highest BCUT2D eigenvalue weighted by molar-refractivity contribution is 5.14. The van der Waals surface area contributed by atoms with Crippen LogP contribution in [-0.4, -0.2) is 14.9 Å². The van der Waals surface area contributed by atoms with Gasteiger partial charge in [0.15, 0.2) is 0 Å². The van der Waals surface area contributed by atoms with E-state index in [4.69, 9.17) is 0 Å². The minimum atomic E-state index is -0.294. The molecule has 1 atom stereocenters. The molecule has 1 unspecified atom stereocenters. The second-order valence-electron chi connectivity index (χ2n) is 3.82. The summed E-state index contributed by atoms with van der Waals surface area (Å²) in [6, 6.07) is 2.02. The molecule has 13 heavy (non-hydrogen) atoms. The van der Waals surface area contributed by atoms with Crippen LogP contribution in [0, 0.1) is 5.92 Å². The molecule has 0 saturated heterocycles. The van der Waals surface area contributed by atoms with Gasteiger partial charge in [0.05, 0.1) is 17.5 Å². The molecule has 0 spiro atoms. The molecule has 3 nitrogen and oxygen atoms in total. The van der Waals surface area contributed by atoms with Crippen LogP contribution in [0.25, 0.3) is 0 Å². The Hall–Kier alpha value is -0.830. The van der Waals surface area contributed by atoms with Crippen LogP contribution in [0.1, 0.15) is 37.3 Å². The average molecular weight is 180 g/mol. The van der Waals surface area contributed by atoms with E-state index in [0.29, 0.717) is 5.92 Å². The molecular formula is C10H16N2O. The second-order valence-corrected chi connectivity index (χ2v) is 3.82. The molecule has 72 valence electrons. The van der Waals surface area contributed by atoms with Crippen LogP contribution in [0.4, 0.5) is 0 Å². The number of aliphatic hydroxyl groups is 1. The quantitative estimate of drug-likeness (QED) is 0.764. The normalized spacial score (nSPS) is 19.0. The molecule has 0 bridgehead atoms. The maximum absolute atomic E-state index is 9.89. The standard InChI is InChI=1S/C10H16N2O/c1-3-8-6-9(12(2)11-8)10(13)7-4-5-7/h6-7,10,13H,3-5H2,1-2H3. The van der Waals surface area contributed by atoms with E-state index >= 15 is 0 Å². The summed E-state index contributed by atoms with van der Waals surface area (Å²) in [6.07, 6.45) is 2.96. The Balaban J connectivity index is 2.22. The van der Waals surface area contributed by atoms with Crippen LogP contribution in [-0.2, 0) is 13.5 Å². The SMILES string of the molecule is CCc1cc(C(O)C2CC2)n(C)n1. The van der Waals surface area contributed by atoms with Crippen LogP contribution in [0.3, 0.4) is 0 Å². The Morgan fingerprint density at radius 3 is 2.85 bits per heavy atom. The topological polar surface area (TPSA) is 38.0 Å². The zero-order valence-electron chi connectivity index (χ0n) is 8.20. The third-order valence-corrected chi connectivity index (χ3v) is 2.70. The zero-order chi connectivity index (χ0) is 9.42. The summed E-state index contributed by atoms with van der Waals surface area (Å²) in [5, 5.41) is 14.2. The van der Waals surface area contributed by atoms with E-state index in [1.807, 2.05) is 17.8 Å². The molecule has 1 aliphatic rings. The van der Waals surface area contributed by atoms with Crippen LogP contribution in [0.5, 0.6) is 0 Å². The van der Waals surface area contributed by atoms with Gasteiger partial charge in [-0.2, -0.15) is 5.10 Å². The van der Waals surface area contributed by atoms with E-state index in [2.05, 4.69) is 12.0 Å². The number of rotatable bonds is 3. The number of aromatic nitrogens is 2. The van der Waals surface area contributed by atoms with E-state index in [1.165, 1.54) is 0 Å². The Kier molecular flexibility index (Phi) is 2.12. The fraction of sp³-hybridized carbons (Fsp3) is 0.700. The first-order valence-electron chi connectivity index (χ1n) is 4.93. The van der Waals surface area contributed by atoms with Gasteiger partial charge >= 0.3 is 0 Å². The number of hydrogen-bond donors (Lipinski definition) is 1. The number of aryl methyl sites for hydroxylation is 2. The van der Waals surface area contributed by atoms with Crippen molar-refractivity contribution in [3.8, 4) is 0 Å². The summed E-state index contributed by atoms with van der Waals surface area (Å²) in [5.41, 5.74) is 2.04. The molecule has 1 fully saturated rings.